The van der Waals surface area contributed by atoms with Gasteiger partial charge in [0.25, 0.3) is 0 Å². The van der Waals surface area contributed by atoms with Gasteiger partial charge in [-0.15, -0.1) is 13.2 Å². The first-order chi connectivity index (χ1) is 8.26. The lowest BCUT2D eigenvalue weighted by Gasteiger charge is -2.19. The van der Waals surface area contributed by atoms with Crippen molar-refractivity contribution < 1.29 is 27.4 Å². The smallest absolute Gasteiger partial charge is 0.465 e. The summed E-state index contributed by atoms with van der Waals surface area (Å²) in [4.78, 5) is 13.0. The summed E-state index contributed by atoms with van der Waals surface area (Å²) in [6.07, 6.45) is -4.87. The summed E-state index contributed by atoms with van der Waals surface area (Å²) in [6, 6.07) is 3.92. The number of carbonyl (C=O) groups excluding carboxylic acids is 1. The van der Waals surface area contributed by atoms with Crippen molar-refractivity contribution in [3.05, 3.63) is 23.8 Å². The van der Waals surface area contributed by atoms with E-state index in [9.17, 15) is 18.0 Å². The first-order valence-corrected chi connectivity index (χ1v) is 4.90. The molecule has 7 heteroatoms. The highest BCUT2D eigenvalue weighted by molar-refractivity contribution is 5.98. The summed E-state index contributed by atoms with van der Waals surface area (Å²) < 4.78 is 45.0. The Balaban J connectivity index is 3.33. The van der Waals surface area contributed by atoms with Gasteiger partial charge in [0.15, 0.2) is 0 Å². The van der Waals surface area contributed by atoms with E-state index in [1.807, 2.05) is 0 Å². The monoisotopic (exact) mass is 263 g/mol. The van der Waals surface area contributed by atoms with Crippen molar-refractivity contribution in [3.63, 3.8) is 0 Å². The maximum Gasteiger partial charge on any atom is 0.573 e. The average Bonchev–Trinajstić information content (AvgIpc) is 2.25. The number of carbonyl (C=O) groups is 1. The van der Waals surface area contributed by atoms with Crippen molar-refractivity contribution in [2.75, 3.05) is 26.1 Å². The molecule has 0 bridgehead atoms. The van der Waals surface area contributed by atoms with Gasteiger partial charge in [0.05, 0.1) is 12.8 Å². The van der Waals surface area contributed by atoms with Gasteiger partial charge >= 0.3 is 12.3 Å². The van der Waals surface area contributed by atoms with Crippen LogP contribution in [0.5, 0.6) is 5.75 Å². The highest BCUT2D eigenvalue weighted by Gasteiger charge is 2.34. The van der Waals surface area contributed by atoms with Gasteiger partial charge in [-0.05, 0) is 12.1 Å². The second-order valence-corrected chi connectivity index (χ2v) is 3.58. The van der Waals surface area contributed by atoms with E-state index in [1.54, 1.807) is 14.1 Å². The van der Waals surface area contributed by atoms with E-state index in [0.29, 0.717) is 0 Å². The molecule has 0 amide bonds. The summed E-state index contributed by atoms with van der Waals surface area (Å²) in [5, 5.41) is 0. The molecule has 0 heterocycles. The number of rotatable bonds is 3. The Morgan fingerprint density at radius 1 is 1.28 bits per heavy atom. The van der Waals surface area contributed by atoms with Gasteiger partial charge in [0.2, 0.25) is 0 Å². The lowest BCUT2D eigenvalue weighted by atomic mass is 10.1. The molecule has 4 nitrogen and oxygen atoms in total. The van der Waals surface area contributed by atoms with Gasteiger partial charge in [-0.2, -0.15) is 0 Å². The van der Waals surface area contributed by atoms with Crippen LogP contribution in [0.25, 0.3) is 0 Å². The molecule has 0 radical (unpaired) electrons. The van der Waals surface area contributed by atoms with Crippen LogP contribution < -0.4 is 9.64 Å². The number of halogens is 3. The van der Waals surface area contributed by atoms with E-state index in [0.717, 1.165) is 13.2 Å². The van der Waals surface area contributed by atoms with Crippen LogP contribution in [-0.4, -0.2) is 33.5 Å². The minimum Gasteiger partial charge on any atom is -0.465 e. The minimum absolute atomic E-state index is 0.262. The number of nitrogens with zero attached hydrogens (tertiary/aromatic N) is 1. The summed E-state index contributed by atoms with van der Waals surface area (Å²) >= 11 is 0. The zero-order chi connectivity index (χ0) is 13.9. The fraction of sp³-hybridized carbons (Fsp3) is 0.364. The van der Waals surface area contributed by atoms with Gasteiger partial charge in [0, 0.05) is 14.1 Å². The number of anilines is 1. The lowest BCUT2D eigenvalue weighted by molar-refractivity contribution is -0.274. The number of hydrogen-bond acceptors (Lipinski definition) is 4. The lowest BCUT2D eigenvalue weighted by Crippen LogP contribution is -2.21. The predicted octanol–water partition coefficient (Wildman–Crippen LogP) is 2.44. The van der Waals surface area contributed by atoms with Crippen LogP contribution in [0.4, 0.5) is 18.9 Å². The second kappa shape index (κ2) is 5.16. The van der Waals surface area contributed by atoms with Crippen LogP contribution in [0.2, 0.25) is 0 Å². The molecule has 0 saturated heterocycles. The quantitative estimate of drug-likeness (QED) is 0.785. The van der Waals surface area contributed by atoms with Crippen molar-refractivity contribution in [1.82, 2.24) is 0 Å². The molecule has 100 valence electrons. The topological polar surface area (TPSA) is 38.8 Å². The molecular formula is C11H12F3NO3. The third kappa shape index (κ3) is 3.28. The molecule has 0 fully saturated rings. The van der Waals surface area contributed by atoms with Crippen molar-refractivity contribution >= 4 is 11.7 Å². The highest BCUT2D eigenvalue weighted by Crippen LogP contribution is 2.32. The summed E-state index contributed by atoms with van der Waals surface area (Å²) in [7, 11) is 4.28. The van der Waals surface area contributed by atoms with Crippen LogP contribution >= 0.6 is 0 Å². The Labute approximate surface area is 102 Å². The predicted molar refractivity (Wildman–Crippen MR) is 58.8 cm³/mol. The molecule has 1 aromatic carbocycles. The zero-order valence-electron chi connectivity index (χ0n) is 10.0. The molecule has 0 aliphatic heterocycles. The van der Waals surface area contributed by atoms with Crippen LogP contribution in [0, 0.1) is 0 Å². The third-order valence-corrected chi connectivity index (χ3v) is 2.10. The number of hydrogen-bond donors (Lipinski definition) is 0. The Morgan fingerprint density at radius 3 is 2.33 bits per heavy atom. The number of esters is 1. The third-order valence-electron chi connectivity index (χ3n) is 2.10. The molecule has 0 spiro atoms. The van der Waals surface area contributed by atoms with Gasteiger partial charge in [0.1, 0.15) is 11.3 Å². The van der Waals surface area contributed by atoms with Crippen LogP contribution in [0.15, 0.2) is 18.2 Å². The van der Waals surface area contributed by atoms with Gasteiger partial charge in [-0.3, -0.25) is 0 Å². The van der Waals surface area contributed by atoms with Gasteiger partial charge in [-0.25, -0.2) is 4.79 Å². The maximum absolute atomic E-state index is 12.2. The van der Waals surface area contributed by atoms with Crippen molar-refractivity contribution in [3.8, 4) is 5.75 Å². The zero-order valence-corrected chi connectivity index (χ0v) is 10.0. The number of benzene rings is 1. The van der Waals surface area contributed by atoms with E-state index in [2.05, 4.69) is 9.47 Å². The number of methoxy groups -OCH3 is 1. The van der Waals surface area contributed by atoms with E-state index in [4.69, 9.17) is 0 Å². The second-order valence-electron chi connectivity index (χ2n) is 3.58. The fourth-order valence-electron chi connectivity index (χ4n) is 1.41. The molecule has 0 aliphatic rings. The van der Waals surface area contributed by atoms with Crippen molar-refractivity contribution in [1.29, 1.82) is 0 Å². The van der Waals surface area contributed by atoms with E-state index in [1.165, 1.54) is 17.0 Å². The standard InChI is InChI=1S/C11H12F3NO3/c1-15(2)7-5-4-6-8(18-11(12,13)14)9(7)10(16)17-3/h4-6H,1-3H3. The Bertz CT molecular complexity index is 444. The van der Waals surface area contributed by atoms with E-state index in [-0.39, 0.29) is 11.3 Å². The van der Waals surface area contributed by atoms with E-state index >= 15 is 0 Å². The molecule has 1 rings (SSSR count). The molecule has 0 atom stereocenters. The fourth-order valence-corrected chi connectivity index (χ4v) is 1.41. The number of ether oxygens (including phenoxy) is 2. The molecule has 0 aromatic heterocycles. The Kier molecular flexibility index (Phi) is 4.05. The molecule has 0 N–H and O–H groups in total. The average molecular weight is 263 g/mol. The number of alkyl halides is 3. The molecule has 0 unspecified atom stereocenters. The molecular weight excluding hydrogens is 251 g/mol. The molecule has 0 saturated carbocycles. The highest BCUT2D eigenvalue weighted by atomic mass is 19.4. The summed E-state index contributed by atoms with van der Waals surface area (Å²) in [5.41, 5.74) is 0.0194. The van der Waals surface area contributed by atoms with Crippen molar-refractivity contribution in [2.45, 2.75) is 6.36 Å². The Morgan fingerprint density at radius 2 is 1.89 bits per heavy atom. The van der Waals surface area contributed by atoms with Gasteiger partial charge < -0.3 is 14.4 Å². The van der Waals surface area contributed by atoms with Gasteiger partial charge in [-0.1, -0.05) is 6.07 Å². The summed E-state index contributed by atoms with van der Waals surface area (Å²) in [5.74, 6) is -1.47. The summed E-state index contributed by atoms with van der Waals surface area (Å²) in [6.45, 7) is 0. The molecule has 0 aliphatic carbocycles. The normalized spacial score (nSPS) is 11.0. The SMILES string of the molecule is COC(=O)c1c(OC(F)(F)F)cccc1N(C)C. The maximum atomic E-state index is 12.2. The van der Waals surface area contributed by atoms with E-state index < -0.39 is 18.1 Å². The van der Waals surface area contributed by atoms with Crippen LogP contribution in [0.1, 0.15) is 10.4 Å². The molecule has 1 aromatic rings. The van der Waals surface area contributed by atoms with Crippen LogP contribution in [0.3, 0.4) is 0 Å². The first kappa shape index (κ1) is 14.1. The minimum atomic E-state index is -4.87. The van der Waals surface area contributed by atoms with Crippen molar-refractivity contribution in [2.24, 2.45) is 0 Å². The first-order valence-electron chi connectivity index (χ1n) is 4.90. The Hall–Kier alpha value is -1.92. The largest absolute Gasteiger partial charge is 0.573 e. The molecule has 18 heavy (non-hydrogen) atoms. The van der Waals surface area contributed by atoms with Crippen LogP contribution in [-0.2, 0) is 4.74 Å².